The van der Waals surface area contributed by atoms with E-state index in [2.05, 4.69) is 4.36 Å². The second-order valence-electron chi connectivity index (χ2n) is 8.06. The lowest BCUT2D eigenvalue weighted by molar-refractivity contribution is -0.0228. The number of likely N-dealkylation sites (N-methyl/N-ethyl adjacent to an activating group) is 1. The van der Waals surface area contributed by atoms with Crippen LogP contribution < -0.4 is 0 Å². The van der Waals surface area contributed by atoms with Gasteiger partial charge in [-0.3, -0.25) is 4.79 Å². The van der Waals surface area contributed by atoms with Crippen LogP contribution in [0.4, 0.5) is 9.57 Å². The Morgan fingerprint density at radius 3 is 2.36 bits per heavy atom. The summed E-state index contributed by atoms with van der Waals surface area (Å²) in [4.78, 5) is 16.9. The van der Waals surface area contributed by atoms with E-state index in [-0.39, 0.29) is 33.3 Å². The van der Waals surface area contributed by atoms with E-state index < -0.39 is 10.3 Å². The molecule has 2 atom stereocenters. The Bertz CT molecular complexity index is 1110. The first-order valence-electron chi connectivity index (χ1n) is 10.6. The number of morpholine rings is 1. The van der Waals surface area contributed by atoms with E-state index in [0.717, 1.165) is 5.56 Å². The molecule has 7 nitrogen and oxygen atoms in total. The molecule has 2 aliphatic heterocycles. The summed E-state index contributed by atoms with van der Waals surface area (Å²) in [6, 6.07) is 12.3. The summed E-state index contributed by atoms with van der Waals surface area (Å²) in [5, 5.41) is 0.0603. The predicted octanol–water partition coefficient (Wildman–Crippen LogP) is 4.35. The summed E-state index contributed by atoms with van der Waals surface area (Å²) in [6.45, 7) is 2.90. The average Bonchev–Trinajstić information content (AvgIpc) is 2.79. The topological polar surface area (TPSA) is 65.5 Å². The van der Waals surface area contributed by atoms with Gasteiger partial charge in [-0.1, -0.05) is 53.5 Å². The minimum atomic E-state index is -4.13. The van der Waals surface area contributed by atoms with Gasteiger partial charge in [0.1, 0.15) is 6.10 Å². The lowest BCUT2D eigenvalue weighted by Gasteiger charge is -2.33. The highest BCUT2D eigenvalue weighted by Crippen LogP contribution is 2.34. The number of rotatable bonds is 4. The largest absolute Gasteiger partial charge is 0.370 e. The minimum Gasteiger partial charge on any atom is -0.370 e. The molecule has 2 aromatic rings. The molecule has 2 heterocycles. The Hall–Kier alpha value is -1.75. The van der Waals surface area contributed by atoms with Crippen molar-refractivity contribution in [3.05, 3.63) is 63.6 Å². The van der Waals surface area contributed by atoms with Gasteiger partial charge in [0.2, 0.25) is 0 Å². The maximum atomic E-state index is 14.9. The fourth-order valence-corrected chi connectivity index (χ4v) is 5.61. The van der Waals surface area contributed by atoms with Crippen molar-refractivity contribution in [2.75, 3.05) is 52.9 Å². The van der Waals surface area contributed by atoms with Crippen LogP contribution in [0.2, 0.25) is 10.0 Å². The van der Waals surface area contributed by atoms with Crippen LogP contribution >= 0.6 is 23.2 Å². The summed E-state index contributed by atoms with van der Waals surface area (Å²) in [5.74, 6) is -0.346. The lowest BCUT2D eigenvalue weighted by atomic mass is 10.1. The third-order valence-corrected chi connectivity index (χ3v) is 7.80. The van der Waals surface area contributed by atoms with E-state index in [1.54, 1.807) is 4.90 Å². The van der Waals surface area contributed by atoms with Crippen molar-refractivity contribution < 1.29 is 17.6 Å². The van der Waals surface area contributed by atoms with Crippen molar-refractivity contribution in [2.24, 2.45) is 4.36 Å². The molecule has 1 unspecified atom stereocenters. The van der Waals surface area contributed by atoms with Crippen molar-refractivity contribution in [2.45, 2.75) is 6.10 Å². The van der Waals surface area contributed by atoms with Crippen LogP contribution in [-0.2, 0) is 15.0 Å². The zero-order chi connectivity index (χ0) is 23.6. The number of carbonyl (C=O) groups excluding carboxylic acids is 1. The molecule has 0 radical (unpaired) electrons. The summed E-state index contributed by atoms with van der Waals surface area (Å²) < 4.78 is 38.3. The van der Waals surface area contributed by atoms with Crippen molar-refractivity contribution >= 4 is 45.1 Å². The molecule has 2 aromatic carbocycles. The van der Waals surface area contributed by atoms with E-state index >= 15 is 0 Å². The molecule has 0 spiro atoms. The highest BCUT2D eigenvalue weighted by atomic mass is 35.5. The molecule has 0 aliphatic carbocycles. The lowest BCUT2D eigenvalue weighted by Crippen LogP contribution is -2.45. The molecule has 178 valence electrons. The molecule has 4 rings (SSSR count). The number of carbonyl (C=O) groups is 1. The summed E-state index contributed by atoms with van der Waals surface area (Å²) in [5.41, 5.74) is 1.11. The van der Waals surface area contributed by atoms with Crippen molar-refractivity contribution in [1.82, 2.24) is 14.1 Å². The molecule has 0 bridgehead atoms. The predicted molar refractivity (Wildman–Crippen MR) is 128 cm³/mol. The number of benzene rings is 2. The number of nitrogens with zero attached hydrogens (tertiary/aromatic N) is 4. The molecule has 33 heavy (non-hydrogen) atoms. The Morgan fingerprint density at radius 1 is 1.09 bits per heavy atom. The summed E-state index contributed by atoms with van der Waals surface area (Å²) >= 11 is 12.8. The van der Waals surface area contributed by atoms with E-state index in [9.17, 15) is 12.9 Å². The van der Waals surface area contributed by atoms with Crippen LogP contribution in [0.5, 0.6) is 0 Å². The van der Waals surface area contributed by atoms with Gasteiger partial charge in [0, 0.05) is 32.7 Å². The van der Waals surface area contributed by atoms with Gasteiger partial charge in [-0.25, -0.2) is 0 Å². The van der Waals surface area contributed by atoms with Gasteiger partial charge >= 0.3 is 0 Å². The van der Waals surface area contributed by atoms with Crippen LogP contribution in [-0.4, -0.2) is 77.1 Å². The Kier molecular flexibility index (Phi) is 7.57. The summed E-state index contributed by atoms with van der Waals surface area (Å²) in [7, 11) is -2.22. The van der Waals surface area contributed by atoms with Crippen molar-refractivity contribution in [1.29, 1.82) is 0 Å². The van der Waals surface area contributed by atoms with Gasteiger partial charge in [0.25, 0.3) is 16.2 Å². The first-order valence-corrected chi connectivity index (χ1v) is 12.7. The van der Waals surface area contributed by atoms with Crippen molar-refractivity contribution in [3.63, 3.8) is 0 Å². The van der Waals surface area contributed by atoms with Gasteiger partial charge in [-0.15, -0.1) is 3.89 Å². The number of hydrogen-bond acceptors (Lipinski definition) is 5. The smallest absolute Gasteiger partial charge is 0.275 e. The number of halogens is 3. The van der Waals surface area contributed by atoms with Gasteiger partial charge in [-0.05, 0) is 24.7 Å². The average molecular weight is 515 g/mol. The first-order chi connectivity index (χ1) is 15.7. The second kappa shape index (κ2) is 10.2. The standard InChI is InChI=1S/C22H25Cl2FN4O3S/c1-27-7-9-29(10-8-27)33(25,31)26-17-13-18(23)21(19(24)14-17)22(30)28-11-12-32-20(15-28)16-5-3-2-4-6-16/h2-6,13-14,20H,7-12,15H2,1H3/t20-,33?/m1/s1. The molecular formula is C22H25Cl2FN4O3S. The van der Waals surface area contributed by atoms with Crippen LogP contribution in [0.3, 0.4) is 0 Å². The molecule has 11 heteroatoms. The second-order valence-corrected chi connectivity index (χ2v) is 10.4. The molecule has 0 aromatic heterocycles. The molecule has 2 fully saturated rings. The van der Waals surface area contributed by atoms with Crippen molar-refractivity contribution in [3.8, 4) is 0 Å². The molecule has 2 saturated heterocycles. The number of piperazine rings is 1. The molecule has 0 N–H and O–H groups in total. The number of amides is 1. The SMILES string of the molecule is CN1CCN(S(=O)(F)=Nc2cc(Cl)c(C(=O)N3CCO[C@@H](c4ccccc4)C3)c(Cl)c2)CC1. The molecule has 0 saturated carbocycles. The minimum absolute atomic E-state index is 0.0251. The van der Waals surface area contributed by atoms with E-state index in [1.807, 2.05) is 42.3 Å². The van der Waals surface area contributed by atoms with E-state index in [4.69, 9.17) is 27.9 Å². The quantitative estimate of drug-likeness (QED) is 0.568. The normalized spacial score (nSPS) is 22.1. The van der Waals surface area contributed by atoms with Gasteiger partial charge in [0.15, 0.2) is 0 Å². The fraction of sp³-hybridized carbons (Fsp3) is 0.409. The van der Waals surface area contributed by atoms with Crippen LogP contribution in [0.25, 0.3) is 0 Å². The summed E-state index contributed by atoms with van der Waals surface area (Å²) in [6.07, 6.45) is -0.254. The zero-order valence-corrected chi connectivity index (χ0v) is 20.5. The first kappa shape index (κ1) is 24.4. The highest BCUT2D eigenvalue weighted by molar-refractivity contribution is 7.86. The van der Waals surface area contributed by atoms with Crippen LogP contribution in [0, 0.1) is 0 Å². The Balaban J connectivity index is 1.54. The molecular weight excluding hydrogens is 490 g/mol. The zero-order valence-electron chi connectivity index (χ0n) is 18.1. The maximum absolute atomic E-state index is 14.9. The maximum Gasteiger partial charge on any atom is 0.275 e. The molecule has 2 aliphatic rings. The monoisotopic (exact) mass is 514 g/mol. The fourth-order valence-electron chi connectivity index (χ4n) is 3.88. The molecule has 1 amide bonds. The Morgan fingerprint density at radius 2 is 1.73 bits per heavy atom. The number of hydrogen-bond donors (Lipinski definition) is 0. The van der Waals surface area contributed by atoms with Gasteiger partial charge in [0.05, 0.1) is 34.4 Å². The third kappa shape index (κ3) is 5.67. The number of ether oxygens (including phenoxy) is 1. The van der Waals surface area contributed by atoms with E-state index in [1.165, 1.54) is 16.4 Å². The van der Waals surface area contributed by atoms with Gasteiger partial charge < -0.3 is 14.5 Å². The highest BCUT2D eigenvalue weighted by Gasteiger charge is 2.29. The van der Waals surface area contributed by atoms with Crippen LogP contribution in [0.1, 0.15) is 22.0 Å². The van der Waals surface area contributed by atoms with E-state index in [0.29, 0.717) is 45.9 Å². The third-order valence-electron chi connectivity index (χ3n) is 5.76. The Labute approximate surface area is 203 Å². The van der Waals surface area contributed by atoms with Crippen LogP contribution in [0.15, 0.2) is 46.8 Å². The van der Waals surface area contributed by atoms with Gasteiger partial charge in [-0.2, -0.15) is 12.9 Å².